The van der Waals surface area contributed by atoms with E-state index in [4.69, 9.17) is 0 Å². The van der Waals surface area contributed by atoms with Gasteiger partial charge >= 0.3 is 0 Å². The molecular weight excluding hydrogens is 186 g/mol. The molecule has 3 nitrogen and oxygen atoms in total. The molecule has 2 N–H and O–H groups in total. The van der Waals surface area contributed by atoms with Crippen LogP contribution in [-0.4, -0.2) is 29.0 Å². The summed E-state index contributed by atoms with van der Waals surface area (Å²) in [6, 6.07) is 0. The predicted octanol–water partition coefficient (Wildman–Crippen LogP) is 1.69. The highest BCUT2D eigenvalue weighted by molar-refractivity contribution is 5.82. The molecule has 0 aromatic carbocycles. The molecule has 1 spiro atoms. The Bertz CT molecular complexity index is 286. The third-order valence-electron chi connectivity index (χ3n) is 3.30. The Hall–Kier alpha value is -0.570. The highest BCUT2D eigenvalue weighted by Gasteiger charge is 2.48. The maximum atomic E-state index is 4.52. The number of nitrogens with one attached hydrogen (secondary N) is 2. The molecule has 2 rings (SSSR count). The minimum atomic E-state index is 0.189. The van der Waals surface area contributed by atoms with Crippen LogP contribution in [0.5, 0.6) is 0 Å². The van der Waals surface area contributed by atoms with Crippen LogP contribution in [0.3, 0.4) is 0 Å². The van der Waals surface area contributed by atoms with Crippen molar-refractivity contribution in [2.45, 2.75) is 64.1 Å². The van der Waals surface area contributed by atoms with E-state index < -0.39 is 0 Å². The van der Waals surface area contributed by atoms with E-state index in [-0.39, 0.29) is 16.6 Å². The van der Waals surface area contributed by atoms with Gasteiger partial charge in [0, 0.05) is 11.1 Å². The Morgan fingerprint density at radius 1 is 1.07 bits per heavy atom. The predicted molar refractivity (Wildman–Crippen MR) is 64.4 cm³/mol. The first kappa shape index (κ1) is 10.9. The lowest BCUT2D eigenvalue weighted by atomic mass is 9.71. The van der Waals surface area contributed by atoms with Crippen molar-refractivity contribution in [2.75, 3.05) is 6.54 Å². The summed E-state index contributed by atoms with van der Waals surface area (Å²) in [5, 5.41) is 7.30. The van der Waals surface area contributed by atoms with Crippen molar-refractivity contribution in [1.82, 2.24) is 10.6 Å². The van der Waals surface area contributed by atoms with Crippen molar-refractivity contribution in [3.63, 3.8) is 0 Å². The van der Waals surface area contributed by atoms with Crippen LogP contribution in [0.2, 0.25) is 0 Å². The van der Waals surface area contributed by atoms with Crippen molar-refractivity contribution >= 4 is 5.84 Å². The van der Waals surface area contributed by atoms with Crippen LogP contribution in [0, 0.1) is 0 Å². The lowest BCUT2D eigenvalue weighted by molar-refractivity contribution is 0.103. The monoisotopic (exact) mass is 209 g/mol. The minimum absolute atomic E-state index is 0.189. The summed E-state index contributed by atoms with van der Waals surface area (Å²) < 4.78 is 0. The summed E-state index contributed by atoms with van der Waals surface area (Å²) in [5.41, 5.74) is 0.576. The fourth-order valence-corrected chi connectivity index (χ4v) is 3.69. The number of amidine groups is 1. The van der Waals surface area contributed by atoms with Crippen molar-refractivity contribution in [1.29, 1.82) is 0 Å². The van der Waals surface area contributed by atoms with E-state index in [1.165, 1.54) is 0 Å². The summed E-state index contributed by atoms with van der Waals surface area (Å²) in [4.78, 5) is 4.52. The van der Waals surface area contributed by atoms with Gasteiger partial charge in [-0.2, -0.15) is 0 Å². The van der Waals surface area contributed by atoms with E-state index in [2.05, 4.69) is 50.2 Å². The van der Waals surface area contributed by atoms with Gasteiger partial charge in [0.2, 0.25) is 0 Å². The zero-order valence-corrected chi connectivity index (χ0v) is 10.6. The Morgan fingerprint density at radius 3 is 2.00 bits per heavy atom. The van der Waals surface area contributed by atoms with E-state index in [1.807, 2.05) is 0 Å². The fourth-order valence-electron chi connectivity index (χ4n) is 3.69. The molecule has 0 bridgehead atoms. The Morgan fingerprint density at radius 2 is 1.60 bits per heavy atom. The van der Waals surface area contributed by atoms with E-state index in [9.17, 15) is 0 Å². The number of hydrogen-bond acceptors (Lipinski definition) is 3. The van der Waals surface area contributed by atoms with Crippen molar-refractivity contribution in [3.8, 4) is 0 Å². The zero-order chi connectivity index (χ0) is 11.3. The van der Waals surface area contributed by atoms with Gasteiger partial charge in [0.1, 0.15) is 0 Å². The quantitative estimate of drug-likeness (QED) is 0.637. The normalized spacial score (nSPS) is 31.1. The molecule has 0 aromatic heterocycles. The van der Waals surface area contributed by atoms with Crippen molar-refractivity contribution in [3.05, 3.63) is 0 Å². The molecule has 0 unspecified atom stereocenters. The molecule has 1 fully saturated rings. The zero-order valence-electron chi connectivity index (χ0n) is 10.6. The van der Waals surface area contributed by atoms with Gasteiger partial charge in [0.15, 0.2) is 0 Å². The number of rotatable bonds is 0. The van der Waals surface area contributed by atoms with E-state index in [0.29, 0.717) is 0 Å². The molecule has 86 valence electrons. The summed E-state index contributed by atoms with van der Waals surface area (Å²) in [5.74, 6) is 1.10. The molecule has 2 aliphatic heterocycles. The molecular formula is C12H23N3. The second kappa shape index (κ2) is 2.97. The van der Waals surface area contributed by atoms with Crippen LogP contribution in [0.1, 0.15) is 47.5 Å². The first-order valence-corrected chi connectivity index (χ1v) is 5.81. The van der Waals surface area contributed by atoms with E-state index in [0.717, 1.165) is 25.2 Å². The van der Waals surface area contributed by atoms with Crippen LogP contribution in [0.15, 0.2) is 4.99 Å². The smallest absolute Gasteiger partial charge is 0.0937 e. The molecule has 0 aliphatic carbocycles. The van der Waals surface area contributed by atoms with Crippen LogP contribution >= 0.6 is 0 Å². The SMILES string of the molecule is CC1=NCC2(CC(C)(C)NC(C)(C)C2)N1. The standard InChI is InChI=1S/C12H23N3/c1-9-13-8-12(14-9)6-10(2,3)15-11(4,5)7-12/h15H,6-8H2,1-5H3,(H,13,14). The lowest BCUT2D eigenvalue weighted by Gasteiger charge is -2.51. The average molecular weight is 209 g/mol. The maximum Gasteiger partial charge on any atom is 0.0937 e. The van der Waals surface area contributed by atoms with E-state index >= 15 is 0 Å². The van der Waals surface area contributed by atoms with Gasteiger partial charge in [-0.3, -0.25) is 4.99 Å². The first-order chi connectivity index (χ1) is 6.72. The summed E-state index contributed by atoms with van der Waals surface area (Å²) in [7, 11) is 0. The van der Waals surface area contributed by atoms with Crippen molar-refractivity contribution < 1.29 is 0 Å². The van der Waals surface area contributed by atoms with Crippen LogP contribution in [0.4, 0.5) is 0 Å². The molecule has 15 heavy (non-hydrogen) atoms. The molecule has 0 saturated carbocycles. The minimum Gasteiger partial charge on any atom is -0.367 e. The second-order valence-electron chi connectivity index (χ2n) is 6.55. The van der Waals surface area contributed by atoms with Gasteiger partial charge in [-0.05, 0) is 47.5 Å². The summed E-state index contributed by atoms with van der Waals surface area (Å²) in [6.07, 6.45) is 2.29. The van der Waals surface area contributed by atoms with Gasteiger partial charge in [-0.1, -0.05) is 0 Å². The van der Waals surface area contributed by atoms with Crippen LogP contribution in [0.25, 0.3) is 0 Å². The third-order valence-corrected chi connectivity index (χ3v) is 3.30. The molecule has 1 saturated heterocycles. The second-order valence-corrected chi connectivity index (χ2v) is 6.55. The molecule has 0 amide bonds. The van der Waals surface area contributed by atoms with Gasteiger partial charge in [0.25, 0.3) is 0 Å². The molecule has 0 aromatic rings. The fraction of sp³-hybridized carbons (Fsp3) is 0.917. The van der Waals surface area contributed by atoms with Gasteiger partial charge in [-0.25, -0.2) is 0 Å². The molecule has 2 aliphatic rings. The number of hydrogen-bond donors (Lipinski definition) is 2. The Balaban J connectivity index is 2.21. The Kier molecular flexibility index (Phi) is 2.16. The first-order valence-electron chi connectivity index (χ1n) is 5.81. The molecule has 0 atom stereocenters. The van der Waals surface area contributed by atoms with Gasteiger partial charge in [-0.15, -0.1) is 0 Å². The highest BCUT2D eigenvalue weighted by Crippen LogP contribution is 2.37. The van der Waals surface area contributed by atoms with Crippen LogP contribution in [-0.2, 0) is 0 Å². The molecule has 0 radical (unpaired) electrons. The summed E-state index contributed by atoms with van der Waals surface area (Å²) in [6.45, 7) is 12.1. The number of nitrogens with zero attached hydrogens (tertiary/aromatic N) is 1. The summed E-state index contributed by atoms with van der Waals surface area (Å²) >= 11 is 0. The highest BCUT2D eigenvalue weighted by atomic mass is 15.2. The van der Waals surface area contributed by atoms with Gasteiger partial charge in [0.05, 0.1) is 17.9 Å². The largest absolute Gasteiger partial charge is 0.367 e. The average Bonchev–Trinajstić information content (AvgIpc) is 2.23. The number of aliphatic imine (C=N–C) groups is 1. The number of piperidine rings is 1. The van der Waals surface area contributed by atoms with Crippen LogP contribution < -0.4 is 10.6 Å². The van der Waals surface area contributed by atoms with E-state index in [1.54, 1.807) is 0 Å². The lowest BCUT2D eigenvalue weighted by Crippen LogP contribution is -2.67. The molecule has 2 heterocycles. The maximum absolute atomic E-state index is 4.52. The Labute approximate surface area is 92.7 Å². The molecule has 3 heteroatoms. The third kappa shape index (κ3) is 2.17. The van der Waals surface area contributed by atoms with Gasteiger partial charge < -0.3 is 10.6 Å². The topological polar surface area (TPSA) is 36.4 Å². The van der Waals surface area contributed by atoms with Crippen molar-refractivity contribution in [2.24, 2.45) is 4.99 Å².